The molecule has 1 amide bonds. The quantitative estimate of drug-likeness (QED) is 0.605. The molecule has 0 bridgehead atoms. The predicted octanol–water partition coefficient (Wildman–Crippen LogP) is 5.18. The van der Waals surface area contributed by atoms with E-state index in [1.54, 1.807) is 18.2 Å². The molecule has 186 valence electrons. The minimum Gasteiger partial charge on any atom is -0.491 e. The second-order valence-corrected chi connectivity index (χ2v) is 10.0. The Morgan fingerprint density at radius 1 is 1.15 bits per heavy atom. The van der Waals surface area contributed by atoms with Crippen LogP contribution in [-0.2, 0) is 11.3 Å². The lowest BCUT2D eigenvalue weighted by Gasteiger charge is -2.47. The van der Waals surface area contributed by atoms with Crippen molar-refractivity contribution in [3.63, 3.8) is 0 Å². The molecule has 1 unspecified atom stereocenters. The molecule has 1 fully saturated rings. The monoisotopic (exact) mass is 469 g/mol. The summed E-state index contributed by atoms with van der Waals surface area (Å²) in [4.78, 5) is 15.2. The highest BCUT2D eigenvalue weighted by molar-refractivity contribution is 5.94. The number of carbonyl (C=O) groups is 1. The van der Waals surface area contributed by atoms with E-state index in [9.17, 15) is 9.90 Å². The molecule has 1 N–H and O–H groups in total. The Morgan fingerprint density at radius 3 is 2.56 bits per heavy atom. The molecule has 1 atom stereocenters. The number of hydrogen-bond acceptors (Lipinski definition) is 5. The summed E-state index contributed by atoms with van der Waals surface area (Å²) in [6, 6.07) is 13.6. The number of aliphatic hydroxyl groups is 1. The molecule has 2 aromatic carbocycles. The van der Waals surface area contributed by atoms with Crippen LogP contribution in [0.4, 0.5) is 0 Å². The maximum atomic E-state index is 13.3. The highest BCUT2D eigenvalue weighted by Crippen LogP contribution is 2.45. The maximum absolute atomic E-state index is 13.3. The zero-order valence-electron chi connectivity index (χ0n) is 20.8. The van der Waals surface area contributed by atoms with Crippen LogP contribution in [0.25, 0.3) is 0 Å². The number of ether oxygens (including phenoxy) is 3. The summed E-state index contributed by atoms with van der Waals surface area (Å²) < 4.78 is 18.3. The van der Waals surface area contributed by atoms with Crippen molar-refractivity contribution in [3.05, 3.63) is 59.2 Å². The third-order valence-electron chi connectivity index (χ3n) is 6.74. The highest BCUT2D eigenvalue weighted by atomic mass is 16.5. The third kappa shape index (κ3) is 5.39. The van der Waals surface area contributed by atoms with Crippen LogP contribution in [0.1, 0.15) is 75.8 Å². The van der Waals surface area contributed by atoms with Gasteiger partial charge in [0.05, 0.1) is 25.4 Å². The summed E-state index contributed by atoms with van der Waals surface area (Å²) in [5.74, 6) is 1.83. The summed E-state index contributed by atoms with van der Waals surface area (Å²) in [6.45, 7) is 9.79. The maximum Gasteiger partial charge on any atom is 0.253 e. The first-order valence-electron chi connectivity index (χ1n) is 12.4. The van der Waals surface area contributed by atoms with Crippen molar-refractivity contribution in [2.75, 3.05) is 19.7 Å². The van der Waals surface area contributed by atoms with Crippen molar-refractivity contribution in [1.29, 1.82) is 0 Å². The Bertz CT molecular complexity index is 1000. The van der Waals surface area contributed by atoms with Crippen LogP contribution in [0.3, 0.4) is 0 Å². The molecule has 6 heteroatoms. The van der Waals surface area contributed by atoms with Gasteiger partial charge >= 0.3 is 0 Å². The molecule has 2 aliphatic heterocycles. The van der Waals surface area contributed by atoms with Crippen LogP contribution in [0.5, 0.6) is 11.5 Å². The molecule has 0 saturated carbocycles. The minimum absolute atomic E-state index is 0. The van der Waals surface area contributed by atoms with Gasteiger partial charge in [0.25, 0.3) is 5.91 Å². The van der Waals surface area contributed by atoms with Gasteiger partial charge in [-0.15, -0.1) is 0 Å². The summed E-state index contributed by atoms with van der Waals surface area (Å²) in [7, 11) is 0. The van der Waals surface area contributed by atoms with Gasteiger partial charge in [0.15, 0.2) is 0 Å². The number of benzene rings is 2. The lowest BCUT2D eigenvalue weighted by Crippen LogP contribution is -2.52. The van der Waals surface area contributed by atoms with Crippen LogP contribution in [0.15, 0.2) is 42.5 Å². The summed E-state index contributed by atoms with van der Waals surface area (Å²) in [5, 5.41) is 9.77. The average molecular weight is 470 g/mol. The third-order valence-corrected chi connectivity index (χ3v) is 6.74. The topological polar surface area (TPSA) is 68.2 Å². The van der Waals surface area contributed by atoms with Crippen LogP contribution >= 0.6 is 0 Å². The van der Waals surface area contributed by atoms with Crippen LogP contribution in [0.2, 0.25) is 0 Å². The zero-order valence-corrected chi connectivity index (χ0v) is 20.8. The summed E-state index contributed by atoms with van der Waals surface area (Å²) >= 11 is 0. The lowest BCUT2D eigenvalue weighted by atomic mass is 9.77. The summed E-state index contributed by atoms with van der Waals surface area (Å²) in [5.41, 5.74) is 2.15. The Kier molecular flexibility index (Phi) is 7.48. The van der Waals surface area contributed by atoms with Crippen molar-refractivity contribution in [2.45, 2.75) is 77.3 Å². The Hall–Kier alpha value is -2.57. The van der Waals surface area contributed by atoms with Crippen LogP contribution in [-0.4, -0.2) is 53.4 Å². The van der Waals surface area contributed by atoms with Gasteiger partial charge in [-0.05, 0) is 63.9 Å². The van der Waals surface area contributed by atoms with Gasteiger partial charge in [0.1, 0.15) is 17.1 Å². The van der Waals surface area contributed by atoms with E-state index in [4.69, 9.17) is 14.2 Å². The van der Waals surface area contributed by atoms with E-state index in [2.05, 4.69) is 26.0 Å². The molecule has 0 radical (unpaired) electrons. The minimum atomic E-state index is -0.276. The second-order valence-electron chi connectivity index (χ2n) is 10.0. The standard InChI is InChI=1S/C28H37NO5.H2/c1-19(2)32-18-23-16-28(34-26-8-6-5-7-24(23)26)11-13-29(14-12-28)27(31)21-9-10-25(33-20(3)4)22(15-21)17-30;/h5-10,15,19-20,23,30H,11-14,16-18H2,1-4H3;1H. The Balaban J connectivity index is 0.00000342. The number of likely N-dealkylation sites (tertiary alicyclic amines) is 1. The molecule has 34 heavy (non-hydrogen) atoms. The molecule has 2 aromatic rings. The van der Waals surface area contributed by atoms with Gasteiger partial charge in [-0.25, -0.2) is 0 Å². The van der Waals surface area contributed by atoms with Crippen molar-refractivity contribution in [2.24, 2.45) is 0 Å². The van der Waals surface area contributed by atoms with Crippen molar-refractivity contribution >= 4 is 5.91 Å². The Labute approximate surface area is 204 Å². The second kappa shape index (κ2) is 10.4. The van der Waals surface area contributed by atoms with E-state index >= 15 is 0 Å². The zero-order chi connectivity index (χ0) is 24.3. The van der Waals surface area contributed by atoms with E-state index in [0.717, 1.165) is 25.0 Å². The van der Waals surface area contributed by atoms with E-state index in [0.29, 0.717) is 36.6 Å². The average Bonchev–Trinajstić information content (AvgIpc) is 2.82. The molecule has 1 saturated heterocycles. The number of para-hydroxylation sites is 1. The van der Waals surface area contributed by atoms with Crippen LogP contribution < -0.4 is 9.47 Å². The number of carbonyl (C=O) groups excluding carboxylic acids is 1. The van der Waals surface area contributed by atoms with Gasteiger partial charge in [-0.3, -0.25) is 4.79 Å². The van der Waals surface area contributed by atoms with E-state index < -0.39 is 0 Å². The molecule has 0 aromatic heterocycles. The highest BCUT2D eigenvalue weighted by Gasteiger charge is 2.44. The number of piperidine rings is 1. The number of fused-ring (bicyclic) bond motifs is 1. The number of rotatable bonds is 7. The molecule has 0 aliphatic carbocycles. The molecule has 2 aliphatic rings. The molecule has 1 spiro atoms. The number of nitrogens with zero attached hydrogens (tertiary/aromatic N) is 1. The molecule has 6 nitrogen and oxygen atoms in total. The smallest absolute Gasteiger partial charge is 0.253 e. The van der Waals surface area contributed by atoms with Crippen molar-refractivity contribution < 1.29 is 25.5 Å². The first-order valence-corrected chi connectivity index (χ1v) is 12.4. The van der Waals surface area contributed by atoms with Crippen LogP contribution in [0, 0.1) is 0 Å². The normalized spacial score (nSPS) is 19.3. The predicted molar refractivity (Wildman–Crippen MR) is 134 cm³/mol. The Morgan fingerprint density at radius 2 is 1.88 bits per heavy atom. The van der Waals surface area contributed by atoms with Gasteiger partial charge in [0, 0.05) is 44.4 Å². The van der Waals surface area contributed by atoms with Gasteiger partial charge in [0.2, 0.25) is 0 Å². The van der Waals surface area contributed by atoms with Crippen molar-refractivity contribution in [3.8, 4) is 11.5 Å². The fourth-order valence-corrected chi connectivity index (χ4v) is 5.01. The number of aliphatic hydroxyl groups excluding tert-OH is 1. The fourth-order valence-electron chi connectivity index (χ4n) is 5.01. The molecule has 4 rings (SSSR count). The largest absolute Gasteiger partial charge is 0.491 e. The first kappa shape index (κ1) is 24.6. The lowest BCUT2D eigenvalue weighted by molar-refractivity contribution is -0.0325. The fraction of sp³-hybridized carbons (Fsp3) is 0.536. The van der Waals surface area contributed by atoms with E-state index in [-0.39, 0.29) is 37.7 Å². The molecule has 2 heterocycles. The molecular formula is C28H39NO5. The van der Waals surface area contributed by atoms with Crippen molar-refractivity contribution in [1.82, 2.24) is 4.90 Å². The number of hydrogen-bond donors (Lipinski definition) is 1. The van der Waals surface area contributed by atoms with Gasteiger partial charge < -0.3 is 24.2 Å². The summed E-state index contributed by atoms with van der Waals surface area (Å²) in [6.07, 6.45) is 2.65. The van der Waals surface area contributed by atoms with Gasteiger partial charge in [-0.2, -0.15) is 0 Å². The van der Waals surface area contributed by atoms with E-state index in [1.807, 2.05) is 30.9 Å². The first-order chi connectivity index (χ1) is 16.3. The number of amides is 1. The van der Waals surface area contributed by atoms with Gasteiger partial charge in [-0.1, -0.05) is 18.2 Å². The SMILES string of the molecule is CC(C)OCC1CC2(CCN(C(=O)c3ccc(OC(C)C)c(CO)c3)CC2)Oc2ccccc21.[HH]. The molecular weight excluding hydrogens is 430 g/mol. The van der Waals surface area contributed by atoms with E-state index in [1.165, 1.54) is 5.56 Å².